The first-order valence-electron chi connectivity index (χ1n) is 10.0. The lowest BCUT2D eigenvalue weighted by Gasteiger charge is -2.09. The van der Waals surface area contributed by atoms with Gasteiger partial charge in [-0.25, -0.2) is 4.68 Å². The number of rotatable bonds is 8. The van der Waals surface area contributed by atoms with Crippen LogP contribution in [0.25, 0.3) is 10.9 Å². The van der Waals surface area contributed by atoms with Crippen molar-refractivity contribution < 1.29 is 9.53 Å². The number of aromatic nitrogens is 3. The predicted octanol–water partition coefficient (Wildman–Crippen LogP) is 3.08. The molecule has 0 unspecified atom stereocenters. The highest BCUT2D eigenvalue weighted by molar-refractivity contribution is 5.77. The van der Waals surface area contributed by atoms with Gasteiger partial charge >= 0.3 is 0 Å². The average Bonchev–Trinajstić information content (AvgIpc) is 2.82. The number of amides is 1. The SMILES string of the molecule is O=C(CCn1nnc2ccccc2c1=O)NCc1ccc(COc2ccccc2)cc1. The summed E-state index contributed by atoms with van der Waals surface area (Å²) in [6, 6.07) is 24.6. The lowest BCUT2D eigenvalue weighted by Crippen LogP contribution is -2.29. The van der Waals surface area contributed by atoms with Crippen LogP contribution >= 0.6 is 0 Å². The molecule has 0 aliphatic carbocycles. The maximum Gasteiger partial charge on any atom is 0.277 e. The van der Waals surface area contributed by atoms with Gasteiger partial charge in [0, 0.05) is 13.0 Å². The first kappa shape index (κ1) is 20.3. The normalized spacial score (nSPS) is 10.7. The van der Waals surface area contributed by atoms with E-state index in [1.54, 1.807) is 24.3 Å². The fourth-order valence-corrected chi connectivity index (χ4v) is 3.10. The maximum atomic E-state index is 12.4. The van der Waals surface area contributed by atoms with E-state index < -0.39 is 0 Å². The molecule has 0 saturated carbocycles. The monoisotopic (exact) mass is 414 g/mol. The van der Waals surface area contributed by atoms with E-state index >= 15 is 0 Å². The molecular formula is C24H22N4O3. The quantitative estimate of drug-likeness (QED) is 0.479. The second kappa shape index (κ2) is 9.67. The Morgan fingerprint density at radius 3 is 2.42 bits per heavy atom. The van der Waals surface area contributed by atoms with Gasteiger partial charge in [-0.2, -0.15) is 0 Å². The smallest absolute Gasteiger partial charge is 0.277 e. The summed E-state index contributed by atoms with van der Waals surface area (Å²) >= 11 is 0. The largest absolute Gasteiger partial charge is 0.489 e. The first-order chi connectivity index (χ1) is 15.2. The molecule has 31 heavy (non-hydrogen) atoms. The van der Waals surface area contributed by atoms with Gasteiger partial charge in [0.25, 0.3) is 5.56 Å². The van der Waals surface area contributed by atoms with Crippen molar-refractivity contribution in [2.75, 3.05) is 0 Å². The highest BCUT2D eigenvalue weighted by atomic mass is 16.5. The third kappa shape index (κ3) is 5.33. The van der Waals surface area contributed by atoms with E-state index in [0.717, 1.165) is 16.9 Å². The molecule has 4 aromatic rings. The van der Waals surface area contributed by atoms with Crippen LogP contribution < -0.4 is 15.6 Å². The van der Waals surface area contributed by atoms with Gasteiger partial charge in [-0.05, 0) is 35.4 Å². The van der Waals surface area contributed by atoms with E-state index in [0.29, 0.717) is 24.1 Å². The summed E-state index contributed by atoms with van der Waals surface area (Å²) in [5.41, 5.74) is 2.34. The van der Waals surface area contributed by atoms with Crippen molar-refractivity contribution in [1.29, 1.82) is 0 Å². The lowest BCUT2D eigenvalue weighted by atomic mass is 10.1. The molecule has 0 atom stereocenters. The third-order valence-electron chi connectivity index (χ3n) is 4.84. The van der Waals surface area contributed by atoms with Crippen LogP contribution in [0, 0.1) is 0 Å². The van der Waals surface area contributed by atoms with Gasteiger partial charge in [0.15, 0.2) is 0 Å². The molecule has 156 valence electrons. The van der Waals surface area contributed by atoms with Crippen molar-refractivity contribution in [1.82, 2.24) is 20.3 Å². The number of nitrogens with zero attached hydrogens (tertiary/aromatic N) is 3. The van der Waals surface area contributed by atoms with E-state index in [1.165, 1.54) is 4.68 Å². The molecule has 3 aromatic carbocycles. The van der Waals surface area contributed by atoms with E-state index in [-0.39, 0.29) is 24.4 Å². The second-order valence-electron chi connectivity index (χ2n) is 7.08. The Hall–Kier alpha value is -4.00. The summed E-state index contributed by atoms with van der Waals surface area (Å²) in [6.45, 7) is 1.08. The Morgan fingerprint density at radius 2 is 1.61 bits per heavy atom. The van der Waals surface area contributed by atoms with Crippen molar-refractivity contribution >= 4 is 16.8 Å². The Kier molecular flexibility index (Phi) is 6.32. The van der Waals surface area contributed by atoms with E-state index in [4.69, 9.17) is 4.74 Å². The number of aryl methyl sites for hydroxylation is 1. The maximum absolute atomic E-state index is 12.4. The minimum absolute atomic E-state index is 0.149. The zero-order valence-corrected chi connectivity index (χ0v) is 16.9. The fraction of sp³-hybridized carbons (Fsp3) is 0.167. The lowest BCUT2D eigenvalue weighted by molar-refractivity contribution is -0.121. The molecule has 0 radical (unpaired) electrons. The van der Waals surface area contributed by atoms with Crippen molar-refractivity contribution in [3.63, 3.8) is 0 Å². The van der Waals surface area contributed by atoms with E-state index in [1.807, 2.05) is 54.6 Å². The van der Waals surface area contributed by atoms with Crippen molar-refractivity contribution in [3.05, 3.63) is 100 Å². The zero-order valence-electron chi connectivity index (χ0n) is 16.9. The standard InChI is InChI=1S/C24H22N4O3/c29-23(14-15-28-24(30)21-8-4-5-9-22(21)26-27-28)25-16-18-10-12-19(13-11-18)17-31-20-6-2-1-3-7-20/h1-13H,14-17H2,(H,25,29). The molecule has 4 rings (SSSR count). The van der Waals surface area contributed by atoms with Crippen LogP contribution in [0.1, 0.15) is 17.5 Å². The Balaban J connectivity index is 1.25. The van der Waals surface area contributed by atoms with Crippen LogP contribution in [-0.2, 0) is 24.5 Å². The minimum Gasteiger partial charge on any atom is -0.489 e. The molecule has 0 bridgehead atoms. The molecule has 0 spiro atoms. The first-order valence-corrected chi connectivity index (χ1v) is 10.0. The van der Waals surface area contributed by atoms with E-state index in [9.17, 15) is 9.59 Å². The molecule has 7 heteroatoms. The highest BCUT2D eigenvalue weighted by Gasteiger charge is 2.08. The number of benzene rings is 3. The number of carbonyl (C=O) groups is 1. The number of fused-ring (bicyclic) bond motifs is 1. The molecule has 0 aliphatic rings. The van der Waals surface area contributed by atoms with Gasteiger partial charge in [0.2, 0.25) is 5.91 Å². The molecular weight excluding hydrogens is 392 g/mol. The summed E-state index contributed by atoms with van der Waals surface area (Å²) in [7, 11) is 0. The second-order valence-corrected chi connectivity index (χ2v) is 7.08. The van der Waals surface area contributed by atoms with Crippen LogP contribution in [0.15, 0.2) is 83.7 Å². The number of nitrogens with one attached hydrogen (secondary N) is 1. The van der Waals surface area contributed by atoms with Crippen LogP contribution in [0.4, 0.5) is 0 Å². The topological polar surface area (TPSA) is 86.1 Å². The summed E-state index contributed by atoms with van der Waals surface area (Å²) in [5.74, 6) is 0.674. The van der Waals surface area contributed by atoms with Crippen molar-refractivity contribution in [2.24, 2.45) is 0 Å². The van der Waals surface area contributed by atoms with Crippen LogP contribution in [0.3, 0.4) is 0 Å². The van der Waals surface area contributed by atoms with Gasteiger partial charge in [0.05, 0.1) is 11.9 Å². The number of hydrogen-bond acceptors (Lipinski definition) is 5. The summed E-state index contributed by atoms with van der Waals surface area (Å²) in [6.07, 6.45) is 0.149. The molecule has 1 heterocycles. The van der Waals surface area contributed by atoms with Gasteiger partial charge in [-0.3, -0.25) is 9.59 Å². The summed E-state index contributed by atoms with van der Waals surface area (Å²) < 4.78 is 6.96. The highest BCUT2D eigenvalue weighted by Crippen LogP contribution is 2.12. The number of para-hydroxylation sites is 1. The molecule has 7 nitrogen and oxygen atoms in total. The molecule has 1 N–H and O–H groups in total. The number of carbonyl (C=O) groups excluding carboxylic acids is 1. The van der Waals surface area contributed by atoms with Gasteiger partial charge < -0.3 is 10.1 Å². The Labute approximate surface area is 179 Å². The Bertz CT molecular complexity index is 1220. The van der Waals surface area contributed by atoms with Crippen molar-refractivity contribution in [2.45, 2.75) is 26.1 Å². The van der Waals surface area contributed by atoms with Gasteiger partial charge in [0.1, 0.15) is 17.9 Å². The molecule has 1 amide bonds. The van der Waals surface area contributed by atoms with Gasteiger partial charge in [-0.1, -0.05) is 59.8 Å². The molecule has 0 fully saturated rings. The van der Waals surface area contributed by atoms with Gasteiger partial charge in [-0.15, -0.1) is 5.10 Å². The molecule has 1 aromatic heterocycles. The predicted molar refractivity (Wildman–Crippen MR) is 117 cm³/mol. The minimum atomic E-state index is -0.244. The summed E-state index contributed by atoms with van der Waals surface area (Å²) in [5, 5.41) is 11.3. The zero-order chi connectivity index (χ0) is 21.5. The molecule has 0 saturated heterocycles. The van der Waals surface area contributed by atoms with E-state index in [2.05, 4.69) is 15.6 Å². The van der Waals surface area contributed by atoms with Crippen LogP contribution in [0.2, 0.25) is 0 Å². The summed E-state index contributed by atoms with van der Waals surface area (Å²) in [4.78, 5) is 24.6. The molecule has 0 aliphatic heterocycles. The Morgan fingerprint density at radius 1 is 0.903 bits per heavy atom. The number of hydrogen-bond donors (Lipinski definition) is 1. The third-order valence-corrected chi connectivity index (χ3v) is 4.84. The average molecular weight is 414 g/mol. The van der Waals surface area contributed by atoms with Crippen molar-refractivity contribution in [3.8, 4) is 5.75 Å². The van der Waals surface area contributed by atoms with Crippen LogP contribution in [0.5, 0.6) is 5.75 Å². The van der Waals surface area contributed by atoms with Crippen LogP contribution in [-0.4, -0.2) is 20.9 Å². The number of ether oxygens (including phenoxy) is 1. The fourth-order valence-electron chi connectivity index (χ4n) is 3.10.